The van der Waals surface area contributed by atoms with Crippen molar-refractivity contribution in [1.82, 2.24) is 9.88 Å². The predicted octanol–water partition coefficient (Wildman–Crippen LogP) is 4.52. The van der Waals surface area contributed by atoms with Crippen molar-refractivity contribution in [2.75, 3.05) is 32.1 Å². The number of H-pyrrole nitrogens is 1. The van der Waals surface area contributed by atoms with E-state index in [2.05, 4.69) is 29.0 Å². The molecular weight excluding hydrogens is 378 g/mol. The molecule has 6 heteroatoms. The number of benzene rings is 1. The van der Waals surface area contributed by atoms with Gasteiger partial charge in [0.15, 0.2) is 5.78 Å². The first kappa shape index (κ1) is 21.8. The number of ketones is 1. The zero-order valence-corrected chi connectivity index (χ0v) is 18.3. The topological polar surface area (TPSA) is 74.4 Å². The molecule has 1 aliphatic heterocycles. The SMILES string of the molecule is CCN(CC)CCCCC(=O)c1[nH]c(/C=C2\C(=O)Nc3cc(OC)ccc32)cc1C. The Hall–Kier alpha value is -2.86. The molecule has 2 heterocycles. The van der Waals surface area contributed by atoms with E-state index in [9.17, 15) is 9.59 Å². The summed E-state index contributed by atoms with van der Waals surface area (Å²) in [6, 6.07) is 7.43. The van der Waals surface area contributed by atoms with Crippen LogP contribution >= 0.6 is 0 Å². The second-order valence-corrected chi connectivity index (χ2v) is 7.61. The first-order valence-electron chi connectivity index (χ1n) is 10.6. The van der Waals surface area contributed by atoms with E-state index in [1.165, 1.54) is 0 Å². The monoisotopic (exact) mass is 409 g/mol. The molecule has 1 aliphatic rings. The molecule has 160 valence electrons. The Morgan fingerprint density at radius 3 is 2.63 bits per heavy atom. The molecule has 1 aromatic carbocycles. The number of aromatic nitrogens is 1. The summed E-state index contributed by atoms with van der Waals surface area (Å²) in [5, 5.41) is 2.87. The number of carbonyl (C=O) groups is 2. The number of amides is 1. The predicted molar refractivity (Wildman–Crippen MR) is 121 cm³/mol. The standard InChI is InChI=1S/C24H31N3O3/c1-5-27(6-2)12-8-7-9-22(28)23-16(3)13-17(25-23)14-20-19-11-10-18(30-4)15-21(19)26-24(20)29/h10-11,13-15,25H,5-9,12H2,1-4H3,(H,26,29)/b20-14-. The summed E-state index contributed by atoms with van der Waals surface area (Å²) in [7, 11) is 1.60. The van der Waals surface area contributed by atoms with Gasteiger partial charge in [-0.05, 0) is 69.2 Å². The van der Waals surface area contributed by atoms with Crippen LogP contribution in [0.3, 0.4) is 0 Å². The molecule has 6 nitrogen and oxygen atoms in total. The van der Waals surface area contributed by atoms with E-state index in [1.807, 2.05) is 25.1 Å². The van der Waals surface area contributed by atoms with Gasteiger partial charge in [0.1, 0.15) is 5.75 Å². The number of fused-ring (bicyclic) bond motifs is 1. The van der Waals surface area contributed by atoms with Crippen LogP contribution in [-0.4, -0.2) is 48.3 Å². The van der Waals surface area contributed by atoms with Crippen molar-refractivity contribution >= 4 is 29.0 Å². The third-order valence-corrected chi connectivity index (χ3v) is 5.65. The number of unbranched alkanes of at least 4 members (excludes halogenated alkanes) is 1. The maximum absolute atomic E-state index is 12.7. The Morgan fingerprint density at radius 2 is 1.93 bits per heavy atom. The van der Waals surface area contributed by atoms with Crippen LogP contribution in [0.4, 0.5) is 5.69 Å². The van der Waals surface area contributed by atoms with Gasteiger partial charge in [-0.3, -0.25) is 9.59 Å². The Morgan fingerprint density at radius 1 is 1.17 bits per heavy atom. The molecule has 1 aromatic heterocycles. The normalized spacial score (nSPS) is 14.3. The fraction of sp³-hybridized carbons (Fsp3) is 0.417. The van der Waals surface area contributed by atoms with Crippen LogP contribution in [0.2, 0.25) is 0 Å². The van der Waals surface area contributed by atoms with Crippen molar-refractivity contribution in [3.05, 3.63) is 46.8 Å². The third kappa shape index (κ3) is 4.82. The van der Waals surface area contributed by atoms with Gasteiger partial charge in [-0.25, -0.2) is 0 Å². The summed E-state index contributed by atoms with van der Waals surface area (Å²) >= 11 is 0. The van der Waals surface area contributed by atoms with Gasteiger partial charge < -0.3 is 19.9 Å². The van der Waals surface area contributed by atoms with Crippen molar-refractivity contribution < 1.29 is 14.3 Å². The summed E-state index contributed by atoms with van der Waals surface area (Å²) in [6.07, 6.45) is 4.23. The number of aromatic amines is 1. The molecule has 0 radical (unpaired) electrons. The number of ether oxygens (including phenoxy) is 1. The lowest BCUT2D eigenvalue weighted by Gasteiger charge is -2.17. The Bertz CT molecular complexity index is 955. The Labute approximate surface area is 178 Å². The first-order valence-corrected chi connectivity index (χ1v) is 10.6. The number of nitrogens with zero attached hydrogens (tertiary/aromatic N) is 1. The van der Waals surface area contributed by atoms with Crippen LogP contribution < -0.4 is 10.1 Å². The largest absolute Gasteiger partial charge is 0.497 e. The zero-order valence-electron chi connectivity index (χ0n) is 18.3. The van der Waals surface area contributed by atoms with Crippen molar-refractivity contribution in [3.8, 4) is 5.75 Å². The van der Waals surface area contributed by atoms with Crippen LogP contribution in [0.1, 0.15) is 60.4 Å². The van der Waals surface area contributed by atoms with Gasteiger partial charge in [0.25, 0.3) is 5.91 Å². The van der Waals surface area contributed by atoms with Crippen LogP contribution in [0.15, 0.2) is 24.3 Å². The molecule has 0 bridgehead atoms. The van der Waals surface area contributed by atoms with Gasteiger partial charge >= 0.3 is 0 Å². The number of anilines is 1. The minimum Gasteiger partial charge on any atom is -0.497 e. The van der Waals surface area contributed by atoms with Gasteiger partial charge in [-0.1, -0.05) is 13.8 Å². The minimum absolute atomic E-state index is 0.123. The molecule has 0 atom stereocenters. The highest BCUT2D eigenvalue weighted by Gasteiger charge is 2.25. The lowest BCUT2D eigenvalue weighted by Crippen LogP contribution is -2.24. The second kappa shape index (κ2) is 9.76. The van der Waals surface area contributed by atoms with Gasteiger partial charge in [-0.2, -0.15) is 0 Å². The zero-order chi connectivity index (χ0) is 21.7. The number of carbonyl (C=O) groups excluding carboxylic acids is 2. The summed E-state index contributed by atoms with van der Waals surface area (Å²) in [4.78, 5) is 30.7. The van der Waals surface area contributed by atoms with Crippen LogP contribution in [0.25, 0.3) is 11.6 Å². The molecule has 0 saturated carbocycles. The average Bonchev–Trinajstić information content (AvgIpc) is 3.26. The van der Waals surface area contributed by atoms with Crippen LogP contribution in [0, 0.1) is 6.92 Å². The molecular formula is C24H31N3O3. The van der Waals surface area contributed by atoms with Crippen molar-refractivity contribution in [2.24, 2.45) is 0 Å². The molecule has 0 fully saturated rings. The molecule has 2 aromatic rings. The van der Waals surface area contributed by atoms with Gasteiger partial charge in [0.2, 0.25) is 0 Å². The van der Waals surface area contributed by atoms with E-state index in [4.69, 9.17) is 4.74 Å². The Kier molecular flexibility index (Phi) is 7.11. The van der Waals surface area contributed by atoms with Crippen molar-refractivity contribution in [3.63, 3.8) is 0 Å². The third-order valence-electron chi connectivity index (χ3n) is 5.65. The molecule has 0 spiro atoms. The molecule has 0 saturated heterocycles. The summed E-state index contributed by atoms with van der Waals surface area (Å²) in [5.74, 6) is 0.660. The minimum atomic E-state index is -0.158. The summed E-state index contributed by atoms with van der Waals surface area (Å²) in [6.45, 7) is 9.36. The second-order valence-electron chi connectivity index (χ2n) is 7.61. The molecule has 0 aliphatic carbocycles. The molecule has 1 amide bonds. The van der Waals surface area contributed by atoms with E-state index in [1.54, 1.807) is 19.3 Å². The number of aryl methyl sites for hydroxylation is 1. The van der Waals surface area contributed by atoms with Crippen LogP contribution in [-0.2, 0) is 4.79 Å². The molecule has 2 N–H and O–H groups in total. The lowest BCUT2D eigenvalue weighted by atomic mass is 10.1. The van der Waals surface area contributed by atoms with E-state index in [0.717, 1.165) is 55.0 Å². The summed E-state index contributed by atoms with van der Waals surface area (Å²) < 4.78 is 5.22. The maximum atomic E-state index is 12.7. The number of nitrogens with one attached hydrogen (secondary N) is 2. The Balaban J connectivity index is 1.69. The summed E-state index contributed by atoms with van der Waals surface area (Å²) in [5.41, 5.74) is 4.44. The van der Waals surface area contributed by atoms with Gasteiger partial charge in [-0.15, -0.1) is 0 Å². The van der Waals surface area contributed by atoms with E-state index >= 15 is 0 Å². The quantitative estimate of drug-likeness (QED) is 0.344. The molecule has 30 heavy (non-hydrogen) atoms. The number of hydrogen-bond acceptors (Lipinski definition) is 4. The van der Waals surface area contributed by atoms with E-state index in [-0.39, 0.29) is 11.7 Å². The maximum Gasteiger partial charge on any atom is 0.256 e. The van der Waals surface area contributed by atoms with Gasteiger partial charge in [0, 0.05) is 23.7 Å². The van der Waals surface area contributed by atoms with Crippen LogP contribution in [0.5, 0.6) is 5.75 Å². The molecule has 3 rings (SSSR count). The highest BCUT2D eigenvalue weighted by Crippen LogP contribution is 2.35. The number of Topliss-reactive ketones (excluding diaryl/α,β-unsaturated/α-hetero) is 1. The fourth-order valence-corrected chi connectivity index (χ4v) is 3.84. The van der Waals surface area contributed by atoms with Crippen molar-refractivity contribution in [2.45, 2.75) is 40.0 Å². The highest BCUT2D eigenvalue weighted by molar-refractivity contribution is 6.34. The number of hydrogen-bond donors (Lipinski definition) is 2. The highest BCUT2D eigenvalue weighted by atomic mass is 16.5. The van der Waals surface area contributed by atoms with E-state index < -0.39 is 0 Å². The average molecular weight is 410 g/mol. The number of rotatable bonds is 10. The smallest absolute Gasteiger partial charge is 0.256 e. The van der Waals surface area contributed by atoms with Gasteiger partial charge in [0.05, 0.1) is 24.1 Å². The molecule has 0 unspecified atom stereocenters. The fourth-order valence-electron chi connectivity index (χ4n) is 3.84. The first-order chi connectivity index (χ1) is 14.5. The van der Waals surface area contributed by atoms with Crippen molar-refractivity contribution in [1.29, 1.82) is 0 Å². The van der Waals surface area contributed by atoms with E-state index in [0.29, 0.717) is 23.4 Å². The lowest BCUT2D eigenvalue weighted by molar-refractivity contribution is -0.110. The number of methoxy groups -OCH3 is 1.